The van der Waals surface area contributed by atoms with Crippen LogP contribution in [-0.4, -0.2) is 43.7 Å². The lowest BCUT2D eigenvalue weighted by Crippen LogP contribution is -2.34. The van der Waals surface area contributed by atoms with Crippen LogP contribution in [0.3, 0.4) is 0 Å². The number of hydrogen-bond acceptors (Lipinski definition) is 4. The molecule has 0 aliphatic rings. The average molecular weight is 287 g/mol. The number of methoxy groups -OCH3 is 1. The number of rotatable bonds is 6. The number of nitro benzene ring substituents is 1. The first-order valence-corrected chi connectivity index (χ1v) is 6.33. The van der Waals surface area contributed by atoms with Crippen molar-refractivity contribution < 1.29 is 9.66 Å². The van der Waals surface area contributed by atoms with Gasteiger partial charge in [-0.3, -0.25) is 10.1 Å². The molecule has 0 N–H and O–H groups in total. The monoisotopic (exact) mass is 286 g/mol. The second-order valence-electron chi connectivity index (χ2n) is 4.75. The first-order valence-electron chi connectivity index (χ1n) is 5.95. The summed E-state index contributed by atoms with van der Waals surface area (Å²) in [6, 6.07) is 3.14. The molecule has 0 saturated heterocycles. The van der Waals surface area contributed by atoms with Gasteiger partial charge in [-0.2, -0.15) is 0 Å². The SMILES string of the molecule is COCC(Cc1cc([N+](=O)[O-])cc(Cl)c1C)N(C)C. The lowest BCUT2D eigenvalue weighted by molar-refractivity contribution is -0.384. The van der Waals surface area contributed by atoms with Crippen molar-refractivity contribution in [3.05, 3.63) is 38.4 Å². The summed E-state index contributed by atoms with van der Waals surface area (Å²) in [5, 5.41) is 11.3. The van der Waals surface area contributed by atoms with Crippen LogP contribution >= 0.6 is 11.6 Å². The van der Waals surface area contributed by atoms with Crippen molar-refractivity contribution >= 4 is 17.3 Å². The van der Waals surface area contributed by atoms with Gasteiger partial charge in [0, 0.05) is 25.3 Å². The van der Waals surface area contributed by atoms with Crippen molar-refractivity contribution in [1.29, 1.82) is 0 Å². The molecule has 1 atom stereocenters. The molecular formula is C13H19ClN2O3. The minimum absolute atomic E-state index is 0.0283. The van der Waals surface area contributed by atoms with E-state index in [2.05, 4.69) is 0 Å². The second-order valence-corrected chi connectivity index (χ2v) is 5.15. The third-order valence-corrected chi connectivity index (χ3v) is 3.58. The van der Waals surface area contributed by atoms with Crippen molar-refractivity contribution in [3.8, 4) is 0 Å². The third kappa shape index (κ3) is 4.16. The molecule has 0 aliphatic heterocycles. The van der Waals surface area contributed by atoms with E-state index < -0.39 is 4.92 Å². The fourth-order valence-electron chi connectivity index (χ4n) is 1.87. The van der Waals surface area contributed by atoms with E-state index in [1.54, 1.807) is 13.2 Å². The summed E-state index contributed by atoms with van der Waals surface area (Å²) >= 11 is 6.05. The highest BCUT2D eigenvalue weighted by atomic mass is 35.5. The van der Waals surface area contributed by atoms with Crippen LogP contribution in [0.4, 0.5) is 5.69 Å². The Morgan fingerprint density at radius 3 is 2.58 bits per heavy atom. The van der Waals surface area contributed by atoms with Crippen LogP contribution in [0.15, 0.2) is 12.1 Å². The van der Waals surface area contributed by atoms with E-state index in [0.29, 0.717) is 18.1 Å². The maximum Gasteiger partial charge on any atom is 0.271 e. The number of benzene rings is 1. The molecule has 0 radical (unpaired) electrons. The van der Waals surface area contributed by atoms with Gasteiger partial charge in [0.1, 0.15) is 0 Å². The van der Waals surface area contributed by atoms with E-state index in [1.807, 2.05) is 25.9 Å². The Kier molecular flexibility index (Phi) is 5.72. The van der Waals surface area contributed by atoms with Crippen LogP contribution in [0.2, 0.25) is 5.02 Å². The van der Waals surface area contributed by atoms with Crippen molar-refractivity contribution in [1.82, 2.24) is 4.90 Å². The van der Waals surface area contributed by atoms with Gasteiger partial charge in [-0.05, 0) is 38.6 Å². The lowest BCUT2D eigenvalue weighted by Gasteiger charge is -2.24. The zero-order valence-corrected chi connectivity index (χ0v) is 12.4. The number of non-ortho nitro benzene ring substituents is 1. The van der Waals surface area contributed by atoms with Gasteiger partial charge in [0.15, 0.2) is 0 Å². The summed E-state index contributed by atoms with van der Waals surface area (Å²) in [5.41, 5.74) is 1.80. The van der Waals surface area contributed by atoms with Crippen LogP contribution in [0.5, 0.6) is 0 Å². The number of ether oxygens (including phenoxy) is 1. The predicted octanol–water partition coefficient (Wildman–Crippen LogP) is 2.68. The minimum Gasteiger partial charge on any atom is -0.383 e. The Labute approximate surface area is 118 Å². The highest BCUT2D eigenvalue weighted by Crippen LogP contribution is 2.27. The topological polar surface area (TPSA) is 55.6 Å². The van der Waals surface area contributed by atoms with Crippen LogP contribution in [0.25, 0.3) is 0 Å². The number of nitro groups is 1. The Morgan fingerprint density at radius 2 is 2.11 bits per heavy atom. The maximum atomic E-state index is 10.9. The first-order chi connectivity index (χ1) is 8.86. The largest absolute Gasteiger partial charge is 0.383 e. The van der Waals surface area contributed by atoms with E-state index >= 15 is 0 Å². The Morgan fingerprint density at radius 1 is 1.47 bits per heavy atom. The first kappa shape index (κ1) is 15.9. The quantitative estimate of drug-likeness (QED) is 0.596. The summed E-state index contributed by atoms with van der Waals surface area (Å²) in [5.74, 6) is 0. The predicted molar refractivity (Wildman–Crippen MR) is 75.9 cm³/mol. The third-order valence-electron chi connectivity index (χ3n) is 3.19. The molecule has 0 aliphatic carbocycles. The van der Waals surface area contributed by atoms with Gasteiger partial charge in [0.25, 0.3) is 5.69 Å². The molecule has 1 aromatic rings. The van der Waals surface area contributed by atoms with Crippen LogP contribution in [0, 0.1) is 17.0 Å². The van der Waals surface area contributed by atoms with E-state index in [0.717, 1.165) is 11.1 Å². The second kappa shape index (κ2) is 6.84. The molecule has 6 heteroatoms. The molecule has 5 nitrogen and oxygen atoms in total. The van der Waals surface area contributed by atoms with Gasteiger partial charge in [-0.15, -0.1) is 0 Å². The molecule has 0 saturated carbocycles. The fourth-order valence-corrected chi connectivity index (χ4v) is 2.11. The van der Waals surface area contributed by atoms with E-state index in [9.17, 15) is 10.1 Å². The molecule has 0 fully saturated rings. The van der Waals surface area contributed by atoms with Gasteiger partial charge >= 0.3 is 0 Å². The summed E-state index contributed by atoms with van der Waals surface area (Å²) < 4.78 is 5.18. The van der Waals surface area contributed by atoms with Crippen LogP contribution in [-0.2, 0) is 11.2 Å². The molecule has 106 valence electrons. The van der Waals surface area contributed by atoms with Crippen LogP contribution < -0.4 is 0 Å². The smallest absolute Gasteiger partial charge is 0.271 e. The van der Waals surface area contributed by atoms with Gasteiger partial charge in [0.05, 0.1) is 16.6 Å². The molecule has 0 bridgehead atoms. The Balaban J connectivity index is 3.08. The van der Waals surface area contributed by atoms with Gasteiger partial charge < -0.3 is 9.64 Å². The summed E-state index contributed by atoms with van der Waals surface area (Å²) in [4.78, 5) is 12.5. The van der Waals surface area contributed by atoms with Gasteiger partial charge in [0.2, 0.25) is 0 Å². The zero-order chi connectivity index (χ0) is 14.6. The molecule has 0 heterocycles. The fraction of sp³-hybridized carbons (Fsp3) is 0.538. The number of nitrogens with zero attached hydrogens (tertiary/aromatic N) is 2. The number of halogens is 1. The molecule has 1 aromatic carbocycles. The van der Waals surface area contributed by atoms with Crippen molar-refractivity contribution in [2.24, 2.45) is 0 Å². The molecule has 1 unspecified atom stereocenters. The number of hydrogen-bond donors (Lipinski definition) is 0. The summed E-state index contributed by atoms with van der Waals surface area (Å²) in [6.45, 7) is 2.44. The van der Waals surface area contributed by atoms with Crippen LogP contribution in [0.1, 0.15) is 11.1 Å². The molecule has 1 rings (SSSR count). The van der Waals surface area contributed by atoms with E-state index in [4.69, 9.17) is 16.3 Å². The molecule has 19 heavy (non-hydrogen) atoms. The van der Waals surface area contributed by atoms with Crippen molar-refractivity contribution in [2.75, 3.05) is 27.8 Å². The van der Waals surface area contributed by atoms with E-state index in [1.165, 1.54) is 6.07 Å². The maximum absolute atomic E-state index is 10.9. The highest BCUT2D eigenvalue weighted by molar-refractivity contribution is 6.31. The molecule has 0 aromatic heterocycles. The van der Waals surface area contributed by atoms with Gasteiger partial charge in [-0.25, -0.2) is 0 Å². The summed E-state index contributed by atoms with van der Waals surface area (Å²) in [6.07, 6.45) is 0.661. The average Bonchev–Trinajstić information content (AvgIpc) is 2.33. The molecular weight excluding hydrogens is 268 g/mol. The van der Waals surface area contributed by atoms with Crippen molar-refractivity contribution in [3.63, 3.8) is 0 Å². The van der Waals surface area contributed by atoms with E-state index in [-0.39, 0.29) is 11.7 Å². The van der Waals surface area contributed by atoms with Crippen molar-refractivity contribution in [2.45, 2.75) is 19.4 Å². The Hall–Kier alpha value is -1.17. The molecule has 0 amide bonds. The summed E-state index contributed by atoms with van der Waals surface area (Å²) in [7, 11) is 5.56. The highest BCUT2D eigenvalue weighted by Gasteiger charge is 2.18. The number of likely N-dealkylation sites (N-methyl/N-ethyl adjacent to an activating group) is 1. The standard InChI is InChI=1S/C13H19ClN2O3/c1-9-10(6-12(8-19-4)15(2)3)5-11(16(17)18)7-13(9)14/h5,7,12H,6,8H2,1-4H3. The zero-order valence-electron chi connectivity index (χ0n) is 11.6. The lowest BCUT2D eigenvalue weighted by atomic mass is 10.00. The minimum atomic E-state index is -0.421. The van der Waals surface area contributed by atoms with Gasteiger partial charge in [-0.1, -0.05) is 11.6 Å². The normalized spacial score (nSPS) is 12.7. The Bertz CT molecular complexity index is 463. The molecule has 0 spiro atoms.